The Morgan fingerprint density at radius 1 is 0.804 bits per heavy atom. The Labute approximate surface area is 279 Å². The SMILES string of the molecule is CCCCCCC=CCC=CCCCCCCCNC(=O)NC1CCCCC1OC(=O)CCNC(=O)C1OC(C)(C)OCC1(C)C. The van der Waals surface area contributed by atoms with Gasteiger partial charge in [0.25, 0.3) is 0 Å². The van der Waals surface area contributed by atoms with Gasteiger partial charge in [-0.2, -0.15) is 0 Å². The Hall–Kier alpha value is -2.39. The van der Waals surface area contributed by atoms with Crippen molar-refractivity contribution in [3.8, 4) is 0 Å². The Kier molecular flexibility index (Phi) is 19.2. The summed E-state index contributed by atoms with van der Waals surface area (Å²) in [6, 6.07) is -0.414. The highest BCUT2D eigenvalue weighted by Gasteiger charge is 2.45. The van der Waals surface area contributed by atoms with E-state index in [1.165, 1.54) is 51.4 Å². The molecule has 1 heterocycles. The van der Waals surface area contributed by atoms with E-state index in [4.69, 9.17) is 14.2 Å². The first-order valence-electron chi connectivity index (χ1n) is 18.2. The Bertz CT molecular complexity index is 947. The molecule has 9 heteroatoms. The number of amides is 3. The zero-order chi connectivity index (χ0) is 33.7. The summed E-state index contributed by atoms with van der Waals surface area (Å²) in [5.41, 5.74) is -0.482. The summed E-state index contributed by atoms with van der Waals surface area (Å²) < 4.78 is 17.3. The van der Waals surface area contributed by atoms with Crippen molar-refractivity contribution in [1.29, 1.82) is 0 Å². The van der Waals surface area contributed by atoms with Crippen LogP contribution in [0.4, 0.5) is 4.79 Å². The van der Waals surface area contributed by atoms with Gasteiger partial charge < -0.3 is 30.2 Å². The van der Waals surface area contributed by atoms with E-state index in [2.05, 4.69) is 47.2 Å². The second-order valence-corrected chi connectivity index (χ2v) is 14.1. The number of nitrogens with one attached hydrogen (secondary N) is 3. The lowest BCUT2D eigenvalue weighted by Gasteiger charge is -2.44. The number of rotatable bonds is 21. The lowest BCUT2D eigenvalue weighted by Crippen LogP contribution is -2.56. The second-order valence-electron chi connectivity index (χ2n) is 14.1. The van der Waals surface area contributed by atoms with Crippen LogP contribution in [0.2, 0.25) is 0 Å². The van der Waals surface area contributed by atoms with Gasteiger partial charge >= 0.3 is 12.0 Å². The summed E-state index contributed by atoms with van der Waals surface area (Å²) in [4.78, 5) is 38.0. The third-order valence-electron chi connectivity index (χ3n) is 8.73. The molecule has 3 amide bonds. The van der Waals surface area contributed by atoms with Gasteiger partial charge in [0.15, 0.2) is 5.79 Å². The van der Waals surface area contributed by atoms with Crippen LogP contribution in [0.25, 0.3) is 0 Å². The minimum Gasteiger partial charge on any atom is -0.460 e. The topological polar surface area (TPSA) is 115 Å². The molecule has 3 N–H and O–H groups in total. The molecule has 0 bridgehead atoms. The van der Waals surface area contributed by atoms with Crippen LogP contribution in [0.5, 0.6) is 0 Å². The number of hydrogen-bond donors (Lipinski definition) is 3. The van der Waals surface area contributed by atoms with Crippen LogP contribution in [0.1, 0.15) is 144 Å². The molecule has 2 aliphatic rings. The van der Waals surface area contributed by atoms with Crippen molar-refractivity contribution in [2.75, 3.05) is 19.7 Å². The summed E-state index contributed by atoms with van der Waals surface area (Å²) in [7, 11) is 0. The highest BCUT2D eigenvalue weighted by Crippen LogP contribution is 2.34. The molecule has 0 aromatic heterocycles. The summed E-state index contributed by atoms with van der Waals surface area (Å²) in [6.07, 6.45) is 25.9. The highest BCUT2D eigenvalue weighted by atomic mass is 16.7. The summed E-state index contributed by atoms with van der Waals surface area (Å²) >= 11 is 0. The van der Waals surface area contributed by atoms with Crippen LogP contribution in [-0.2, 0) is 23.8 Å². The average Bonchev–Trinajstić information content (AvgIpc) is 3.01. The van der Waals surface area contributed by atoms with E-state index in [0.29, 0.717) is 19.6 Å². The smallest absolute Gasteiger partial charge is 0.315 e. The van der Waals surface area contributed by atoms with Gasteiger partial charge in [0.1, 0.15) is 12.2 Å². The molecule has 0 spiro atoms. The molecule has 3 unspecified atom stereocenters. The molecule has 0 aromatic carbocycles. The molecule has 1 aliphatic heterocycles. The normalized spacial score (nSPS) is 22.5. The predicted octanol–water partition coefficient (Wildman–Crippen LogP) is 7.64. The van der Waals surface area contributed by atoms with Crippen LogP contribution in [0, 0.1) is 5.41 Å². The van der Waals surface area contributed by atoms with Crippen LogP contribution in [0.15, 0.2) is 24.3 Å². The van der Waals surface area contributed by atoms with E-state index < -0.39 is 17.3 Å². The molecule has 0 radical (unpaired) electrons. The van der Waals surface area contributed by atoms with Gasteiger partial charge in [0.2, 0.25) is 5.91 Å². The molecular weight excluding hydrogens is 582 g/mol. The van der Waals surface area contributed by atoms with Crippen molar-refractivity contribution >= 4 is 17.9 Å². The highest BCUT2D eigenvalue weighted by molar-refractivity contribution is 5.82. The first-order valence-corrected chi connectivity index (χ1v) is 18.2. The number of esters is 1. The van der Waals surface area contributed by atoms with Gasteiger partial charge in [-0.25, -0.2) is 4.79 Å². The largest absolute Gasteiger partial charge is 0.460 e. The number of urea groups is 1. The molecule has 1 saturated heterocycles. The quantitative estimate of drug-likeness (QED) is 0.0670. The van der Waals surface area contributed by atoms with Crippen molar-refractivity contribution in [3.63, 3.8) is 0 Å². The molecule has 46 heavy (non-hydrogen) atoms. The molecule has 1 saturated carbocycles. The molecule has 9 nitrogen and oxygen atoms in total. The first-order chi connectivity index (χ1) is 22.0. The maximum atomic E-state index is 12.8. The lowest BCUT2D eigenvalue weighted by molar-refractivity contribution is -0.304. The summed E-state index contributed by atoms with van der Waals surface area (Å²) in [6.45, 7) is 10.9. The monoisotopic (exact) mass is 647 g/mol. The summed E-state index contributed by atoms with van der Waals surface area (Å²) in [5, 5.41) is 8.81. The minimum absolute atomic E-state index is 0.0566. The molecule has 3 atom stereocenters. The summed E-state index contributed by atoms with van der Waals surface area (Å²) in [5.74, 6) is -1.48. The Morgan fingerprint density at radius 3 is 2.17 bits per heavy atom. The third-order valence-corrected chi connectivity index (χ3v) is 8.73. The molecule has 2 rings (SSSR count). The van der Waals surface area contributed by atoms with Crippen LogP contribution in [0.3, 0.4) is 0 Å². The maximum Gasteiger partial charge on any atom is 0.315 e. The zero-order valence-corrected chi connectivity index (χ0v) is 29.6. The number of hydrogen-bond acceptors (Lipinski definition) is 6. The van der Waals surface area contributed by atoms with E-state index in [1.807, 2.05) is 13.8 Å². The van der Waals surface area contributed by atoms with Gasteiger partial charge in [-0.3, -0.25) is 9.59 Å². The third kappa shape index (κ3) is 17.0. The van der Waals surface area contributed by atoms with Gasteiger partial charge in [0, 0.05) is 18.5 Å². The number of unbranched alkanes of at least 4 members (excludes halogenated alkanes) is 9. The number of ether oxygens (including phenoxy) is 3. The molecule has 1 aliphatic carbocycles. The van der Waals surface area contributed by atoms with Crippen molar-refractivity contribution in [3.05, 3.63) is 24.3 Å². The van der Waals surface area contributed by atoms with Gasteiger partial charge in [-0.1, -0.05) is 90.0 Å². The maximum absolute atomic E-state index is 12.8. The standard InChI is InChI=1S/C37H65N3O6/c1-6-7-8-9-10-11-12-13-14-15-16-17-18-19-20-23-27-39-35(43)40-30-24-21-22-25-31(30)45-32(41)26-28-38-34(42)33-36(2,3)29-44-37(4,5)46-33/h11-12,14-15,30-31,33H,6-10,13,16-29H2,1-5H3,(H,38,42)(H2,39,40,43). The van der Waals surface area contributed by atoms with E-state index >= 15 is 0 Å². The molecule has 264 valence electrons. The predicted molar refractivity (Wildman–Crippen MR) is 184 cm³/mol. The Morgan fingerprint density at radius 2 is 1.46 bits per heavy atom. The molecule has 2 fully saturated rings. The number of allylic oxidation sites excluding steroid dienone is 4. The van der Waals surface area contributed by atoms with E-state index in [9.17, 15) is 14.4 Å². The fourth-order valence-electron chi connectivity index (χ4n) is 5.87. The molecule has 0 aromatic rings. The van der Waals surface area contributed by atoms with Crippen LogP contribution < -0.4 is 16.0 Å². The van der Waals surface area contributed by atoms with Crippen molar-refractivity contribution in [2.45, 2.75) is 168 Å². The van der Waals surface area contributed by atoms with E-state index in [0.717, 1.165) is 44.9 Å². The van der Waals surface area contributed by atoms with Gasteiger partial charge in [-0.05, 0) is 71.6 Å². The number of carbonyl (C=O) groups excluding carboxylic acids is 3. The number of carbonyl (C=O) groups is 3. The van der Waals surface area contributed by atoms with Crippen molar-refractivity contribution in [2.24, 2.45) is 5.41 Å². The van der Waals surface area contributed by atoms with Crippen molar-refractivity contribution < 1.29 is 28.6 Å². The van der Waals surface area contributed by atoms with Gasteiger partial charge in [-0.15, -0.1) is 0 Å². The lowest BCUT2D eigenvalue weighted by atomic mass is 9.85. The minimum atomic E-state index is -0.839. The fourth-order valence-corrected chi connectivity index (χ4v) is 5.87. The Balaban J connectivity index is 1.53. The zero-order valence-electron chi connectivity index (χ0n) is 29.6. The fraction of sp³-hybridized carbons (Fsp3) is 0.811. The first kappa shape index (κ1) is 39.8. The van der Waals surface area contributed by atoms with Crippen LogP contribution in [-0.4, -0.2) is 61.6 Å². The second kappa shape index (κ2) is 22.2. The van der Waals surface area contributed by atoms with E-state index in [-0.39, 0.29) is 43.0 Å². The average molecular weight is 648 g/mol. The van der Waals surface area contributed by atoms with Crippen molar-refractivity contribution in [1.82, 2.24) is 16.0 Å². The van der Waals surface area contributed by atoms with E-state index in [1.54, 1.807) is 13.8 Å². The van der Waals surface area contributed by atoms with Gasteiger partial charge in [0.05, 0.1) is 19.1 Å². The molecular formula is C37H65N3O6. The van der Waals surface area contributed by atoms with Crippen LogP contribution >= 0.6 is 0 Å².